The Balaban J connectivity index is 1.85. The van der Waals surface area contributed by atoms with Crippen molar-refractivity contribution in [3.05, 3.63) is 71.3 Å². The van der Waals surface area contributed by atoms with Crippen molar-refractivity contribution in [3.8, 4) is 5.75 Å². The number of carbonyl (C=O) groups is 1. The third-order valence-corrected chi connectivity index (χ3v) is 3.28. The highest BCUT2D eigenvalue weighted by Gasteiger charge is 2.29. The highest BCUT2D eigenvalue weighted by Crippen LogP contribution is 2.29. The van der Waals surface area contributed by atoms with E-state index in [9.17, 15) is 26.7 Å². The van der Waals surface area contributed by atoms with E-state index in [1.165, 1.54) is 48.6 Å². The molecule has 0 aliphatic carbocycles. The van der Waals surface area contributed by atoms with Crippen molar-refractivity contribution in [3.63, 3.8) is 0 Å². The fraction of sp³-hybridized carbons (Fsp3) is 0.167. The summed E-state index contributed by atoms with van der Waals surface area (Å²) in [6.07, 6.45) is -1.83. The van der Waals surface area contributed by atoms with E-state index in [0.717, 1.165) is 12.1 Å². The van der Waals surface area contributed by atoms with E-state index in [2.05, 4.69) is 10.1 Å². The van der Waals surface area contributed by atoms with Gasteiger partial charge in [0.1, 0.15) is 5.75 Å². The molecule has 138 valence electrons. The number of nitrogens with one attached hydrogen (secondary N) is 1. The van der Waals surface area contributed by atoms with Gasteiger partial charge in [-0.3, -0.25) is 4.79 Å². The van der Waals surface area contributed by atoms with Crippen molar-refractivity contribution >= 4 is 12.0 Å². The number of alkyl halides is 5. The Morgan fingerprint density at radius 1 is 1.04 bits per heavy atom. The lowest BCUT2D eigenvalue weighted by atomic mass is 10.1. The molecule has 26 heavy (non-hydrogen) atoms. The largest absolute Gasteiger partial charge is 0.435 e. The molecule has 1 amide bonds. The highest BCUT2D eigenvalue weighted by molar-refractivity contribution is 5.91. The fourth-order valence-electron chi connectivity index (χ4n) is 1.99. The van der Waals surface area contributed by atoms with Gasteiger partial charge in [0, 0.05) is 12.6 Å². The molecule has 2 aromatic carbocycles. The second kappa shape index (κ2) is 8.46. The topological polar surface area (TPSA) is 38.3 Å². The fourth-order valence-corrected chi connectivity index (χ4v) is 1.99. The molecule has 0 unspecified atom stereocenters. The van der Waals surface area contributed by atoms with Gasteiger partial charge in [0.2, 0.25) is 5.91 Å². The molecule has 0 atom stereocenters. The molecule has 0 spiro atoms. The molecule has 0 aliphatic rings. The second-order valence-corrected chi connectivity index (χ2v) is 5.19. The zero-order valence-electron chi connectivity index (χ0n) is 13.3. The summed E-state index contributed by atoms with van der Waals surface area (Å²) in [5, 5.41) is 2.57. The summed E-state index contributed by atoms with van der Waals surface area (Å²) in [7, 11) is 0. The van der Waals surface area contributed by atoms with E-state index in [-0.39, 0.29) is 12.3 Å². The number of benzene rings is 2. The third-order valence-electron chi connectivity index (χ3n) is 3.28. The van der Waals surface area contributed by atoms with E-state index >= 15 is 0 Å². The first kappa shape index (κ1) is 19.4. The highest BCUT2D eigenvalue weighted by atomic mass is 19.4. The Kier molecular flexibility index (Phi) is 6.32. The zero-order valence-corrected chi connectivity index (χ0v) is 13.3. The lowest BCUT2D eigenvalue weighted by Crippen LogP contribution is -2.20. The Bertz CT molecular complexity index is 753. The van der Waals surface area contributed by atoms with Crippen molar-refractivity contribution in [2.24, 2.45) is 0 Å². The monoisotopic (exact) mass is 371 g/mol. The lowest BCUT2D eigenvalue weighted by Gasteiger charge is -2.06. The third kappa shape index (κ3) is 6.19. The van der Waals surface area contributed by atoms with E-state index in [1.54, 1.807) is 0 Å². The van der Waals surface area contributed by atoms with Gasteiger partial charge in [0.15, 0.2) is 0 Å². The smallest absolute Gasteiger partial charge is 0.416 e. The maximum absolute atomic E-state index is 12.5. The first-order chi connectivity index (χ1) is 12.2. The SMILES string of the molecule is O=C(/C=C/c1ccc(C(F)(F)F)cc1)NCc1ccc(OC(F)F)cc1. The number of hydrogen-bond donors (Lipinski definition) is 1. The molecule has 0 heterocycles. The quantitative estimate of drug-likeness (QED) is 0.594. The molecular weight excluding hydrogens is 357 g/mol. The van der Waals surface area contributed by atoms with Crippen LogP contribution in [0.4, 0.5) is 22.0 Å². The van der Waals surface area contributed by atoms with Gasteiger partial charge >= 0.3 is 12.8 Å². The molecule has 2 rings (SSSR count). The van der Waals surface area contributed by atoms with Crippen LogP contribution in [0.15, 0.2) is 54.6 Å². The summed E-state index contributed by atoms with van der Waals surface area (Å²) in [6, 6.07) is 10.1. The predicted molar refractivity (Wildman–Crippen MR) is 85.4 cm³/mol. The van der Waals surface area contributed by atoms with Crippen LogP contribution in [0.1, 0.15) is 16.7 Å². The minimum Gasteiger partial charge on any atom is -0.435 e. The molecule has 0 saturated heterocycles. The van der Waals surface area contributed by atoms with E-state index < -0.39 is 24.3 Å². The van der Waals surface area contributed by atoms with Crippen molar-refractivity contribution in [1.82, 2.24) is 5.32 Å². The molecule has 1 N–H and O–H groups in total. The van der Waals surface area contributed by atoms with E-state index in [0.29, 0.717) is 11.1 Å². The molecule has 2 aromatic rings. The van der Waals surface area contributed by atoms with Gasteiger partial charge in [0.25, 0.3) is 0 Å². The van der Waals surface area contributed by atoms with Crippen LogP contribution in [0.25, 0.3) is 6.08 Å². The van der Waals surface area contributed by atoms with Gasteiger partial charge in [0.05, 0.1) is 5.56 Å². The summed E-state index contributed by atoms with van der Waals surface area (Å²) in [5.74, 6) is -0.435. The molecule has 0 bridgehead atoms. The summed E-state index contributed by atoms with van der Waals surface area (Å²) < 4.78 is 65.7. The Morgan fingerprint density at radius 2 is 1.65 bits per heavy atom. The first-order valence-corrected chi connectivity index (χ1v) is 7.41. The van der Waals surface area contributed by atoms with Gasteiger partial charge in [-0.25, -0.2) is 0 Å². The number of hydrogen-bond acceptors (Lipinski definition) is 2. The predicted octanol–water partition coefficient (Wildman–Crippen LogP) is 4.64. The van der Waals surface area contributed by atoms with Gasteiger partial charge < -0.3 is 10.1 Å². The van der Waals surface area contributed by atoms with Gasteiger partial charge in [-0.2, -0.15) is 22.0 Å². The first-order valence-electron chi connectivity index (χ1n) is 7.41. The lowest BCUT2D eigenvalue weighted by molar-refractivity contribution is -0.137. The maximum Gasteiger partial charge on any atom is 0.416 e. The normalized spacial score (nSPS) is 11.8. The van der Waals surface area contributed by atoms with E-state index in [1.807, 2.05) is 0 Å². The van der Waals surface area contributed by atoms with Crippen LogP contribution >= 0.6 is 0 Å². The Labute approximate surface area is 146 Å². The second-order valence-electron chi connectivity index (χ2n) is 5.19. The molecule has 3 nitrogen and oxygen atoms in total. The summed E-state index contributed by atoms with van der Waals surface area (Å²) >= 11 is 0. The zero-order chi connectivity index (χ0) is 19.2. The molecule has 0 fully saturated rings. The van der Waals surface area contributed by atoms with Crippen molar-refractivity contribution in [2.75, 3.05) is 0 Å². The van der Waals surface area contributed by atoms with Gasteiger partial charge in [-0.15, -0.1) is 0 Å². The number of amides is 1. The van der Waals surface area contributed by atoms with Crippen molar-refractivity contribution in [1.29, 1.82) is 0 Å². The van der Waals surface area contributed by atoms with Crippen LogP contribution in [0, 0.1) is 0 Å². The standard InChI is InChI=1S/C18H14F5NO2/c19-17(20)26-15-8-3-13(4-9-15)11-24-16(25)10-5-12-1-6-14(7-2-12)18(21,22)23/h1-10,17H,11H2,(H,24,25)/b10-5+. The van der Waals surface area contributed by atoms with Crippen LogP contribution in [0.3, 0.4) is 0 Å². The number of carbonyl (C=O) groups excluding carboxylic acids is 1. The van der Waals surface area contributed by atoms with Gasteiger partial charge in [-0.1, -0.05) is 24.3 Å². The average Bonchev–Trinajstić information content (AvgIpc) is 2.58. The maximum atomic E-state index is 12.5. The molecular formula is C18H14F5NO2. The van der Waals surface area contributed by atoms with Crippen LogP contribution in [-0.4, -0.2) is 12.5 Å². The van der Waals surface area contributed by atoms with Crippen molar-refractivity contribution in [2.45, 2.75) is 19.3 Å². The van der Waals surface area contributed by atoms with Gasteiger partial charge in [-0.05, 0) is 41.5 Å². The number of halogens is 5. The minimum atomic E-state index is -4.41. The van der Waals surface area contributed by atoms with Crippen LogP contribution in [0.2, 0.25) is 0 Å². The Hall–Kier alpha value is -2.90. The molecule has 0 aliphatic heterocycles. The van der Waals surface area contributed by atoms with Crippen molar-refractivity contribution < 1.29 is 31.5 Å². The van der Waals surface area contributed by atoms with Crippen LogP contribution in [-0.2, 0) is 17.5 Å². The summed E-state index contributed by atoms with van der Waals surface area (Å²) in [6.45, 7) is -2.75. The summed E-state index contributed by atoms with van der Waals surface area (Å²) in [4.78, 5) is 11.7. The van der Waals surface area contributed by atoms with E-state index in [4.69, 9.17) is 0 Å². The Morgan fingerprint density at radius 3 is 2.19 bits per heavy atom. The molecule has 8 heteroatoms. The molecule has 0 aromatic heterocycles. The molecule has 0 radical (unpaired) electrons. The number of ether oxygens (including phenoxy) is 1. The number of rotatable bonds is 6. The average molecular weight is 371 g/mol. The van der Waals surface area contributed by atoms with Crippen LogP contribution < -0.4 is 10.1 Å². The minimum absolute atomic E-state index is 0.0114. The molecule has 0 saturated carbocycles. The summed E-state index contributed by atoms with van der Waals surface area (Å²) in [5.41, 5.74) is 0.350. The van der Waals surface area contributed by atoms with Crippen LogP contribution in [0.5, 0.6) is 5.75 Å².